The van der Waals surface area contributed by atoms with Gasteiger partial charge in [0.1, 0.15) is 11.4 Å². The van der Waals surface area contributed by atoms with Crippen molar-refractivity contribution in [3.05, 3.63) is 17.6 Å². The minimum Gasteiger partial charge on any atom is -0.375 e. The first-order valence-corrected chi connectivity index (χ1v) is 5.65. The molecule has 0 bridgehead atoms. The minimum atomic E-state index is 0.346. The highest BCUT2D eigenvalue weighted by Crippen LogP contribution is 2.23. The Bertz CT molecular complexity index is 599. The summed E-state index contributed by atoms with van der Waals surface area (Å²) in [5, 5.41) is 10.3. The van der Waals surface area contributed by atoms with Gasteiger partial charge in [0.25, 0.3) is 5.89 Å². The van der Waals surface area contributed by atoms with Crippen LogP contribution in [0.1, 0.15) is 0 Å². The third-order valence-corrected chi connectivity index (χ3v) is 2.78. The van der Waals surface area contributed by atoms with Gasteiger partial charge in [-0.2, -0.15) is 10.1 Å². The third-order valence-electron chi connectivity index (χ3n) is 2.11. The van der Waals surface area contributed by atoms with Gasteiger partial charge in [0.2, 0.25) is 5.82 Å². The molecule has 8 heteroatoms. The molecule has 0 atom stereocenters. The zero-order valence-corrected chi connectivity index (χ0v) is 9.68. The predicted molar refractivity (Wildman–Crippen MR) is 62.0 cm³/mol. The monoisotopic (exact) mass is 248 g/mol. The van der Waals surface area contributed by atoms with Crippen molar-refractivity contribution in [3.8, 4) is 23.1 Å². The summed E-state index contributed by atoms with van der Waals surface area (Å²) in [5.41, 5.74) is 6.78. The lowest BCUT2D eigenvalue weighted by molar-refractivity contribution is 0.431. The quantitative estimate of drug-likeness (QED) is 0.731. The third kappa shape index (κ3) is 1.78. The zero-order valence-electron chi connectivity index (χ0n) is 8.86. The first kappa shape index (κ1) is 9.97. The molecule has 0 aliphatic rings. The largest absolute Gasteiger partial charge is 0.375 e. The van der Waals surface area contributed by atoms with Gasteiger partial charge in [0.05, 0.1) is 0 Å². The maximum atomic E-state index is 5.54. The van der Waals surface area contributed by atoms with E-state index in [-0.39, 0.29) is 0 Å². The number of aromatic nitrogens is 5. The summed E-state index contributed by atoms with van der Waals surface area (Å²) < 4.78 is 6.78. The Balaban J connectivity index is 1.98. The highest BCUT2D eigenvalue weighted by atomic mass is 32.1. The highest BCUT2D eigenvalue weighted by molar-refractivity contribution is 7.13. The molecule has 0 aromatic carbocycles. The van der Waals surface area contributed by atoms with E-state index in [4.69, 9.17) is 10.3 Å². The molecule has 3 aromatic rings. The number of thiazole rings is 1. The second-order valence-corrected chi connectivity index (χ2v) is 4.26. The van der Waals surface area contributed by atoms with Crippen LogP contribution in [0.4, 0.5) is 5.13 Å². The van der Waals surface area contributed by atoms with Crippen molar-refractivity contribution in [1.29, 1.82) is 0 Å². The smallest absolute Gasteiger partial charge is 0.277 e. The predicted octanol–water partition coefficient (Wildman–Crippen LogP) is 1.18. The van der Waals surface area contributed by atoms with E-state index in [9.17, 15) is 0 Å². The SMILES string of the molecule is Cn1ccc(-c2noc(-c3csc(N)n3)n2)n1. The Morgan fingerprint density at radius 2 is 2.24 bits per heavy atom. The van der Waals surface area contributed by atoms with E-state index < -0.39 is 0 Å². The van der Waals surface area contributed by atoms with Crippen molar-refractivity contribution in [3.63, 3.8) is 0 Å². The van der Waals surface area contributed by atoms with Gasteiger partial charge in [0.15, 0.2) is 5.13 Å². The Morgan fingerprint density at radius 1 is 1.35 bits per heavy atom. The zero-order chi connectivity index (χ0) is 11.8. The topological polar surface area (TPSA) is 95.7 Å². The highest BCUT2D eigenvalue weighted by Gasteiger charge is 2.14. The van der Waals surface area contributed by atoms with Crippen LogP contribution in [0.5, 0.6) is 0 Å². The molecule has 17 heavy (non-hydrogen) atoms. The molecule has 0 unspecified atom stereocenters. The van der Waals surface area contributed by atoms with Gasteiger partial charge in [-0.1, -0.05) is 5.16 Å². The Morgan fingerprint density at radius 3 is 2.88 bits per heavy atom. The summed E-state index contributed by atoms with van der Waals surface area (Å²) in [6.45, 7) is 0. The maximum absolute atomic E-state index is 5.54. The van der Waals surface area contributed by atoms with Crippen molar-refractivity contribution < 1.29 is 4.52 Å². The summed E-state index contributed by atoms with van der Waals surface area (Å²) in [6.07, 6.45) is 1.81. The lowest BCUT2D eigenvalue weighted by atomic mass is 10.4. The number of nitrogens with zero attached hydrogens (tertiary/aromatic N) is 5. The average molecular weight is 248 g/mol. The number of aryl methyl sites for hydroxylation is 1. The molecular formula is C9H8N6OS. The van der Waals surface area contributed by atoms with Gasteiger partial charge >= 0.3 is 0 Å². The van der Waals surface area contributed by atoms with E-state index in [0.717, 1.165) is 0 Å². The number of hydrogen-bond acceptors (Lipinski definition) is 7. The molecule has 7 nitrogen and oxygen atoms in total. The molecule has 0 saturated heterocycles. The Hall–Kier alpha value is -2.22. The molecule has 3 heterocycles. The van der Waals surface area contributed by atoms with Crippen LogP contribution >= 0.6 is 11.3 Å². The van der Waals surface area contributed by atoms with E-state index in [1.165, 1.54) is 11.3 Å². The second-order valence-electron chi connectivity index (χ2n) is 3.37. The summed E-state index contributed by atoms with van der Waals surface area (Å²) >= 11 is 1.33. The normalized spacial score (nSPS) is 10.9. The van der Waals surface area contributed by atoms with E-state index >= 15 is 0 Å². The molecule has 0 spiro atoms. The Kier molecular flexibility index (Phi) is 2.15. The van der Waals surface area contributed by atoms with Crippen molar-refractivity contribution in [2.45, 2.75) is 0 Å². The van der Waals surface area contributed by atoms with E-state index in [1.54, 1.807) is 10.1 Å². The minimum absolute atomic E-state index is 0.346. The molecule has 0 radical (unpaired) electrons. The van der Waals surface area contributed by atoms with Gasteiger partial charge in [-0.25, -0.2) is 4.98 Å². The van der Waals surface area contributed by atoms with Gasteiger partial charge < -0.3 is 10.3 Å². The van der Waals surface area contributed by atoms with Crippen LogP contribution in [0.3, 0.4) is 0 Å². The summed E-state index contributed by atoms with van der Waals surface area (Å²) in [4.78, 5) is 8.28. The second kappa shape index (κ2) is 3.67. The fourth-order valence-corrected chi connectivity index (χ4v) is 1.89. The Labute approximate surface area is 99.9 Å². The number of hydrogen-bond donors (Lipinski definition) is 1. The van der Waals surface area contributed by atoms with Crippen LogP contribution in [0, 0.1) is 0 Å². The van der Waals surface area contributed by atoms with Gasteiger partial charge in [-0.3, -0.25) is 4.68 Å². The van der Waals surface area contributed by atoms with Gasteiger partial charge in [-0.05, 0) is 6.07 Å². The first-order chi connectivity index (χ1) is 8.22. The van der Waals surface area contributed by atoms with Gasteiger partial charge in [-0.15, -0.1) is 11.3 Å². The van der Waals surface area contributed by atoms with E-state index in [2.05, 4.69) is 20.2 Å². The summed E-state index contributed by atoms with van der Waals surface area (Å²) in [6, 6.07) is 1.81. The molecule has 3 aromatic heterocycles. The molecule has 0 saturated carbocycles. The van der Waals surface area contributed by atoms with Gasteiger partial charge in [0, 0.05) is 18.6 Å². The van der Waals surface area contributed by atoms with Crippen molar-refractivity contribution >= 4 is 16.5 Å². The molecule has 0 aliphatic carbocycles. The lowest BCUT2D eigenvalue weighted by Gasteiger charge is -1.85. The summed E-state index contributed by atoms with van der Waals surface area (Å²) in [7, 11) is 1.83. The van der Waals surface area contributed by atoms with Crippen molar-refractivity contribution in [2.75, 3.05) is 5.73 Å². The van der Waals surface area contributed by atoms with Crippen LogP contribution < -0.4 is 5.73 Å². The molecule has 86 valence electrons. The molecule has 0 fully saturated rings. The van der Waals surface area contributed by atoms with Crippen LogP contribution in [0.2, 0.25) is 0 Å². The number of nitrogen functional groups attached to an aromatic ring is 1. The van der Waals surface area contributed by atoms with Crippen molar-refractivity contribution in [2.24, 2.45) is 7.05 Å². The number of nitrogens with two attached hydrogens (primary N) is 1. The van der Waals surface area contributed by atoms with Crippen LogP contribution in [-0.4, -0.2) is 24.9 Å². The maximum Gasteiger partial charge on any atom is 0.277 e. The fraction of sp³-hybridized carbons (Fsp3) is 0.111. The molecular weight excluding hydrogens is 240 g/mol. The number of rotatable bonds is 2. The first-order valence-electron chi connectivity index (χ1n) is 4.77. The molecule has 2 N–H and O–H groups in total. The average Bonchev–Trinajstić information content (AvgIpc) is 2.96. The fourth-order valence-electron chi connectivity index (χ4n) is 1.35. The van der Waals surface area contributed by atoms with Crippen LogP contribution in [-0.2, 0) is 7.05 Å². The van der Waals surface area contributed by atoms with Crippen LogP contribution in [0.15, 0.2) is 22.2 Å². The molecule has 0 amide bonds. The van der Waals surface area contributed by atoms with Crippen molar-refractivity contribution in [1.82, 2.24) is 24.9 Å². The van der Waals surface area contributed by atoms with E-state index in [1.807, 2.05) is 19.3 Å². The molecule has 3 rings (SSSR count). The van der Waals surface area contributed by atoms with E-state index in [0.29, 0.717) is 28.2 Å². The lowest BCUT2D eigenvalue weighted by Crippen LogP contribution is -1.88. The molecule has 0 aliphatic heterocycles. The summed E-state index contributed by atoms with van der Waals surface area (Å²) in [5.74, 6) is 0.783. The number of anilines is 1. The van der Waals surface area contributed by atoms with Crippen LogP contribution in [0.25, 0.3) is 23.1 Å². The standard InChI is InChI=1S/C9H8N6OS/c1-15-3-2-5(13-15)7-12-8(16-14-7)6-4-17-9(10)11-6/h2-4H,1H3,(H2,10,11).